The molecule has 0 spiro atoms. The Balaban J connectivity index is 2.58. The number of rotatable bonds is 7. The highest BCUT2D eigenvalue weighted by Crippen LogP contribution is 2.24. The molecular weight excluding hydrogens is 390 g/mol. The Morgan fingerprint density at radius 1 is 1.20 bits per heavy atom. The first-order valence-corrected chi connectivity index (χ1v) is 8.71. The second-order valence-corrected chi connectivity index (χ2v) is 7.55. The third-order valence-corrected chi connectivity index (χ3v) is 3.69. The molecule has 6 nitrogen and oxygen atoms in total. The summed E-state index contributed by atoms with van der Waals surface area (Å²) in [6.45, 7) is 7.01. The zero-order chi connectivity index (χ0) is 19.2. The SMILES string of the molecule is COc1ccc(Br)cc1C(=O)CCC(=O)OC(C)C(=O)NC(C)(C)C. The number of hydrogen-bond donors (Lipinski definition) is 1. The van der Waals surface area contributed by atoms with Gasteiger partial charge in [0.2, 0.25) is 0 Å². The zero-order valence-electron chi connectivity index (χ0n) is 15.1. The van der Waals surface area contributed by atoms with Gasteiger partial charge in [-0.2, -0.15) is 0 Å². The van der Waals surface area contributed by atoms with Gasteiger partial charge in [0, 0.05) is 16.4 Å². The monoisotopic (exact) mass is 413 g/mol. The van der Waals surface area contributed by atoms with E-state index in [4.69, 9.17) is 9.47 Å². The number of Topliss-reactive ketones (excluding diaryl/α,β-unsaturated/α-hetero) is 1. The Labute approximate surface area is 156 Å². The smallest absolute Gasteiger partial charge is 0.307 e. The molecule has 138 valence electrons. The highest BCUT2D eigenvalue weighted by molar-refractivity contribution is 9.10. The van der Waals surface area contributed by atoms with Gasteiger partial charge in [-0.25, -0.2) is 0 Å². The van der Waals surface area contributed by atoms with Gasteiger partial charge in [-0.15, -0.1) is 0 Å². The molecule has 1 aromatic rings. The van der Waals surface area contributed by atoms with Gasteiger partial charge in [0.1, 0.15) is 5.75 Å². The molecule has 1 atom stereocenters. The van der Waals surface area contributed by atoms with Crippen molar-refractivity contribution in [3.05, 3.63) is 28.2 Å². The van der Waals surface area contributed by atoms with Crippen LogP contribution >= 0.6 is 15.9 Å². The van der Waals surface area contributed by atoms with Crippen LogP contribution < -0.4 is 10.1 Å². The van der Waals surface area contributed by atoms with Crippen molar-refractivity contribution in [1.29, 1.82) is 0 Å². The Morgan fingerprint density at radius 3 is 2.40 bits per heavy atom. The summed E-state index contributed by atoms with van der Waals surface area (Å²) in [7, 11) is 1.48. The van der Waals surface area contributed by atoms with Gasteiger partial charge in [-0.3, -0.25) is 14.4 Å². The van der Waals surface area contributed by atoms with Crippen LogP contribution in [0.4, 0.5) is 0 Å². The van der Waals surface area contributed by atoms with E-state index >= 15 is 0 Å². The highest BCUT2D eigenvalue weighted by Gasteiger charge is 2.23. The summed E-state index contributed by atoms with van der Waals surface area (Å²) in [5, 5.41) is 2.73. The number of ether oxygens (including phenoxy) is 2. The number of benzene rings is 1. The van der Waals surface area contributed by atoms with Crippen LogP contribution in [0.5, 0.6) is 5.75 Å². The minimum atomic E-state index is -0.915. The standard InChI is InChI=1S/C18H24BrNO5/c1-11(17(23)20-18(2,3)4)25-16(22)9-7-14(21)13-10-12(19)6-8-15(13)24-5/h6,8,10-11H,7,9H2,1-5H3,(H,20,23). The third kappa shape index (κ3) is 7.25. The Kier molecular flexibility index (Phi) is 7.60. The van der Waals surface area contributed by atoms with Gasteiger partial charge < -0.3 is 14.8 Å². The number of carbonyl (C=O) groups is 3. The van der Waals surface area contributed by atoms with E-state index in [0.29, 0.717) is 11.3 Å². The molecule has 0 saturated carbocycles. The average Bonchev–Trinajstić information content (AvgIpc) is 2.50. The fourth-order valence-corrected chi connectivity index (χ4v) is 2.39. The lowest BCUT2D eigenvalue weighted by molar-refractivity contribution is -0.155. The van der Waals surface area contributed by atoms with Crippen LogP contribution in [0.25, 0.3) is 0 Å². The molecule has 0 fully saturated rings. The molecule has 0 radical (unpaired) electrons. The topological polar surface area (TPSA) is 81.7 Å². The maximum Gasteiger partial charge on any atom is 0.307 e. The summed E-state index contributed by atoms with van der Waals surface area (Å²) in [6, 6.07) is 5.08. The van der Waals surface area contributed by atoms with Crippen molar-refractivity contribution in [2.45, 2.75) is 52.2 Å². The fraction of sp³-hybridized carbons (Fsp3) is 0.500. The number of esters is 1. The van der Waals surface area contributed by atoms with Crippen molar-refractivity contribution in [2.24, 2.45) is 0 Å². The van der Waals surface area contributed by atoms with Gasteiger partial charge in [0.15, 0.2) is 11.9 Å². The first kappa shape index (κ1) is 21.2. The predicted octanol–water partition coefficient (Wildman–Crippen LogP) is 3.27. The van der Waals surface area contributed by atoms with Crippen LogP contribution in [0, 0.1) is 0 Å². The zero-order valence-corrected chi connectivity index (χ0v) is 16.7. The quantitative estimate of drug-likeness (QED) is 0.547. The van der Waals surface area contributed by atoms with Crippen LogP contribution in [-0.2, 0) is 14.3 Å². The van der Waals surface area contributed by atoms with E-state index in [1.54, 1.807) is 18.2 Å². The second-order valence-electron chi connectivity index (χ2n) is 6.64. The molecule has 0 aliphatic rings. The molecular formula is C18H24BrNO5. The number of hydrogen-bond acceptors (Lipinski definition) is 5. The van der Waals surface area contributed by atoms with Crippen LogP contribution in [0.15, 0.2) is 22.7 Å². The van der Waals surface area contributed by atoms with E-state index in [9.17, 15) is 14.4 Å². The van der Waals surface area contributed by atoms with Crippen molar-refractivity contribution in [3.8, 4) is 5.75 Å². The van der Waals surface area contributed by atoms with Gasteiger partial charge in [-0.1, -0.05) is 15.9 Å². The van der Waals surface area contributed by atoms with Crippen molar-refractivity contribution >= 4 is 33.6 Å². The molecule has 25 heavy (non-hydrogen) atoms. The summed E-state index contributed by atoms with van der Waals surface area (Å²) < 4.78 is 11.0. The molecule has 1 amide bonds. The lowest BCUT2D eigenvalue weighted by Crippen LogP contribution is -2.46. The Bertz CT molecular complexity index is 651. The van der Waals surface area contributed by atoms with Gasteiger partial charge in [0.25, 0.3) is 5.91 Å². The van der Waals surface area contributed by atoms with Crippen LogP contribution in [0.1, 0.15) is 50.9 Å². The maximum atomic E-state index is 12.3. The van der Waals surface area contributed by atoms with Crippen molar-refractivity contribution < 1.29 is 23.9 Å². The molecule has 0 bridgehead atoms. The molecule has 1 N–H and O–H groups in total. The predicted molar refractivity (Wildman–Crippen MR) is 97.7 cm³/mol. The summed E-state index contributed by atoms with van der Waals surface area (Å²) in [4.78, 5) is 36.1. The van der Waals surface area contributed by atoms with E-state index in [1.165, 1.54) is 14.0 Å². The van der Waals surface area contributed by atoms with Crippen molar-refractivity contribution in [1.82, 2.24) is 5.32 Å². The Morgan fingerprint density at radius 2 is 1.84 bits per heavy atom. The van der Waals surface area contributed by atoms with Crippen molar-refractivity contribution in [3.63, 3.8) is 0 Å². The number of halogens is 1. The summed E-state index contributed by atoms with van der Waals surface area (Å²) in [5.41, 5.74) is -0.0199. The highest BCUT2D eigenvalue weighted by atomic mass is 79.9. The number of carbonyl (C=O) groups excluding carboxylic acids is 3. The van der Waals surface area contributed by atoms with Gasteiger partial charge in [0.05, 0.1) is 19.1 Å². The number of methoxy groups -OCH3 is 1. The molecule has 7 heteroatoms. The summed E-state index contributed by atoms with van der Waals surface area (Å²) in [5.74, 6) is -0.763. The lowest BCUT2D eigenvalue weighted by atomic mass is 10.1. The molecule has 0 aromatic heterocycles. The average molecular weight is 414 g/mol. The largest absolute Gasteiger partial charge is 0.496 e. The van der Waals surface area contributed by atoms with Crippen molar-refractivity contribution in [2.75, 3.05) is 7.11 Å². The first-order valence-electron chi connectivity index (χ1n) is 7.91. The first-order chi connectivity index (χ1) is 11.5. The Hall–Kier alpha value is -1.89. The summed E-state index contributed by atoms with van der Waals surface area (Å²) in [6.07, 6.45) is -1.05. The second kappa shape index (κ2) is 8.99. The van der Waals surface area contributed by atoms with E-state index in [0.717, 1.165) is 4.47 Å². The normalized spacial score (nSPS) is 12.2. The number of nitrogens with one attached hydrogen (secondary N) is 1. The van der Waals surface area contributed by atoms with Crippen LogP contribution in [-0.4, -0.2) is 36.4 Å². The summed E-state index contributed by atoms with van der Waals surface area (Å²) >= 11 is 3.30. The van der Waals surface area contributed by atoms with E-state index in [-0.39, 0.29) is 24.5 Å². The molecule has 1 aromatic carbocycles. The van der Waals surface area contributed by atoms with Gasteiger partial charge >= 0.3 is 5.97 Å². The minimum absolute atomic E-state index is 0.0285. The molecule has 1 rings (SSSR count). The number of amides is 1. The lowest BCUT2D eigenvalue weighted by Gasteiger charge is -2.23. The minimum Gasteiger partial charge on any atom is -0.496 e. The van der Waals surface area contributed by atoms with E-state index in [1.807, 2.05) is 20.8 Å². The maximum absolute atomic E-state index is 12.3. The van der Waals surface area contributed by atoms with E-state index in [2.05, 4.69) is 21.2 Å². The molecule has 1 unspecified atom stereocenters. The fourth-order valence-electron chi connectivity index (χ4n) is 2.03. The molecule has 0 saturated heterocycles. The molecule has 0 aliphatic carbocycles. The molecule has 0 heterocycles. The molecule has 0 aliphatic heterocycles. The number of ketones is 1. The van der Waals surface area contributed by atoms with Gasteiger partial charge in [-0.05, 0) is 45.9 Å². The van der Waals surface area contributed by atoms with E-state index < -0.39 is 17.6 Å². The third-order valence-electron chi connectivity index (χ3n) is 3.19. The van der Waals surface area contributed by atoms with Crippen LogP contribution in [0.3, 0.4) is 0 Å². The van der Waals surface area contributed by atoms with Crippen LogP contribution in [0.2, 0.25) is 0 Å².